The maximum absolute atomic E-state index is 13.8. The highest BCUT2D eigenvalue weighted by Crippen LogP contribution is 2.34. The topological polar surface area (TPSA) is 81.4 Å². The average molecular weight is 369 g/mol. The van der Waals surface area contributed by atoms with Crippen molar-refractivity contribution >= 4 is 11.7 Å². The molecule has 1 fully saturated rings. The Morgan fingerprint density at radius 3 is 2.89 bits per heavy atom. The molecule has 0 radical (unpaired) electrons. The van der Waals surface area contributed by atoms with Crippen LogP contribution in [0.15, 0.2) is 36.5 Å². The van der Waals surface area contributed by atoms with Crippen LogP contribution in [0.4, 0.5) is 4.39 Å². The van der Waals surface area contributed by atoms with Crippen LogP contribution in [-0.4, -0.2) is 45.2 Å². The molecule has 3 heterocycles. The second kappa shape index (κ2) is 7.03. The maximum Gasteiger partial charge on any atom is 0.291 e. The lowest BCUT2D eigenvalue weighted by molar-refractivity contribution is 0.0485. The van der Waals surface area contributed by atoms with Crippen LogP contribution in [0.5, 0.6) is 0 Å². The first-order valence-corrected chi connectivity index (χ1v) is 8.88. The molecule has 0 spiro atoms. The van der Waals surface area contributed by atoms with Gasteiger partial charge in [0, 0.05) is 37.1 Å². The zero-order valence-electron chi connectivity index (χ0n) is 15.0. The lowest BCUT2D eigenvalue weighted by Crippen LogP contribution is -2.44. The third kappa shape index (κ3) is 3.40. The number of amides is 1. The van der Waals surface area contributed by atoms with E-state index in [1.165, 1.54) is 16.6 Å². The van der Waals surface area contributed by atoms with Crippen molar-refractivity contribution in [2.45, 2.75) is 25.2 Å². The molecule has 1 saturated heterocycles. The summed E-state index contributed by atoms with van der Waals surface area (Å²) in [6, 6.07) is 8.35. The number of aryl methyl sites for hydroxylation is 1. The minimum absolute atomic E-state index is 0.0678. The van der Waals surface area contributed by atoms with Crippen LogP contribution in [0, 0.1) is 12.7 Å². The van der Waals surface area contributed by atoms with E-state index >= 15 is 0 Å². The number of nitrogens with one attached hydrogen (secondary N) is 1. The predicted octanol–water partition coefficient (Wildman–Crippen LogP) is 2.05. The van der Waals surface area contributed by atoms with Crippen molar-refractivity contribution in [2.75, 3.05) is 19.8 Å². The van der Waals surface area contributed by atoms with Crippen molar-refractivity contribution in [3.05, 3.63) is 59.4 Å². The van der Waals surface area contributed by atoms with Gasteiger partial charge in [0.25, 0.3) is 11.7 Å². The summed E-state index contributed by atoms with van der Waals surface area (Å²) >= 11 is 0. The molecule has 1 amide bonds. The molecule has 0 atom stereocenters. The van der Waals surface area contributed by atoms with Crippen LogP contribution in [0.25, 0.3) is 5.78 Å². The molecule has 0 aliphatic carbocycles. The fourth-order valence-electron chi connectivity index (χ4n) is 3.48. The van der Waals surface area contributed by atoms with E-state index in [1.54, 1.807) is 18.3 Å². The Balaban J connectivity index is 1.56. The summed E-state index contributed by atoms with van der Waals surface area (Å²) in [6.07, 6.45) is 3.04. The van der Waals surface area contributed by atoms with Gasteiger partial charge in [-0.05, 0) is 43.5 Å². The van der Waals surface area contributed by atoms with Crippen molar-refractivity contribution < 1.29 is 13.9 Å². The number of aromatic nitrogens is 4. The van der Waals surface area contributed by atoms with Crippen LogP contribution in [0.3, 0.4) is 0 Å². The molecular formula is C19H20FN5O2. The number of benzene rings is 1. The number of hydrogen-bond donors (Lipinski definition) is 1. The van der Waals surface area contributed by atoms with Gasteiger partial charge in [0.15, 0.2) is 0 Å². The van der Waals surface area contributed by atoms with E-state index in [9.17, 15) is 9.18 Å². The third-order valence-corrected chi connectivity index (χ3v) is 5.11. The van der Waals surface area contributed by atoms with Gasteiger partial charge in [-0.3, -0.25) is 4.79 Å². The highest BCUT2D eigenvalue weighted by atomic mass is 19.1. The first-order chi connectivity index (χ1) is 13.1. The summed E-state index contributed by atoms with van der Waals surface area (Å²) in [4.78, 5) is 20.9. The van der Waals surface area contributed by atoms with Gasteiger partial charge in [-0.2, -0.15) is 4.98 Å². The average Bonchev–Trinajstić information content (AvgIpc) is 3.13. The van der Waals surface area contributed by atoms with E-state index in [1.807, 2.05) is 13.0 Å². The first-order valence-electron chi connectivity index (χ1n) is 8.88. The molecule has 7 nitrogen and oxygen atoms in total. The van der Waals surface area contributed by atoms with E-state index in [0.717, 1.165) is 11.3 Å². The number of carbonyl (C=O) groups excluding carboxylic acids is 1. The van der Waals surface area contributed by atoms with Gasteiger partial charge in [0.1, 0.15) is 5.82 Å². The van der Waals surface area contributed by atoms with Crippen molar-refractivity contribution in [3.63, 3.8) is 0 Å². The predicted molar refractivity (Wildman–Crippen MR) is 96.0 cm³/mol. The number of carbonyl (C=O) groups is 1. The Labute approximate surface area is 155 Å². The van der Waals surface area contributed by atoms with Gasteiger partial charge in [-0.1, -0.05) is 12.1 Å². The summed E-state index contributed by atoms with van der Waals surface area (Å²) in [6.45, 7) is 3.37. The van der Waals surface area contributed by atoms with Crippen LogP contribution in [-0.2, 0) is 10.2 Å². The number of rotatable bonds is 4. The quantitative estimate of drug-likeness (QED) is 0.761. The highest BCUT2D eigenvalue weighted by molar-refractivity contribution is 5.90. The molecule has 1 N–H and O–H groups in total. The molecule has 1 aliphatic rings. The first kappa shape index (κ1) is 17.5. The number of nitrogens with zero attached hydrogens (tertiary/aromatic N) is 4. The zero-order chi connectivity index (χ0) is 18.9. The van der Waals surface area contributed by atoms with Crippen molar-refractivity contribution in [1.82, 2.24) is 24.9 Å². The minimum Gasteiger partial charge on any atom is -0.381 e. The van der Waals surface area contributed by atoms with Gasteiger partial charge in [0.2, 0.25) is 5.82 Å². The molecule has 0 bridgehead atoms. The largest absolute Gasteiger partial charge is 0.381 e. The molecule has 0 saturated carbocycles. The SMILES string of the molecule is Cc1ccnc2nc(C(=O)NCC3(c4cccc(F)c4)CCOCC3)nn12. The van der Waals surface area contributed by atoms with Crippen LogP contribution in [0.2, 0.25) is 0 Å². The fourth-order valence-corrected chi connectivity index (χ4v) is 3.48. The summed E-state index contributed by atoms with van der Waals surface area (Å²) in [5, 5.41) is 7.16. The van der Waals surface area contributed by atoms with E-state index in [4.69, 9.17) is 4.74 Å². The lowest BCUT2D eigenvalue weighted by atomic mass is 9.74. The molecule has 2 aromatic heterocycles. The van der Waals surface area contributed by atoms with Crippen LogP contribution >= 0.6 is 0 Å². The zero-order valence-corrected chi connectivity index (χ0v) is 15.0. The Hall–Kier alpha value is -2.87. The lowest BCUT2D eigenvalue weighted by Gasteiger charge is -2.37. The molecular weight excluding hydrogens is 349 g/mol. The van der Waals surface area contributed by atoms with Gasteiger partial charge in [0.05, 0.1) is 0 Å². The van der Waals surface area contributed by atoms with E-state index in [2.05, 4.69) is 20.4 Å². The summed E-state index contributed by atoms with van der Waals surface area (Å²) in [5.74, 6) is -0.209. The molecule has 3 aromatic rings. The Bertz CT molecular complexity index is 981. The number of halogens is 1. The van der Waals surface area contributed by atoms with Gasteiger partial charge < -0.3 is 10.1 Å². The van der Waals surface area contributed by atoms with Gasteiger partial charge >= 0.3 is 0 Å². The summed E-state index contributed by atoms with van der Waals surface area (Å²) < 4.78 is 20.8. The molecule has 0 unspecified atom stereocenters. The van der Waals surface area contributed by atoms with Crippen LogP contribution < -0.4 is 5.32 Å². The maximum atomic E-state index is 13.8. The molecule has 1 aromatic carbocycles. The minimum atomic E-state index is -0.373. The Kier molecular flexibility index (Phi) is 4.57. The Morgan fingerprint density at radius 1 is 1.33 bits per heavy atom. The van der Waals surface area contributed by atoms with Crippen molar-refractivity contribution in [1.29, 1.82) is 0 Å². The molecule has 27 heavy (non-hydrogen) atoms. The van der Waals surface area contributed by atoms with Gasteiger partial charge in [-0.25, -0.2) is 13.9 Å². The second-order valence-corrected chi connectivity index (χ2v) is 6.82. The van der Waals surface area contributed by atoms with Crippen molar-refractivity contribution in [3.8, 4) is 0 Å². The standard InChI is InChI=1S/C19H20FN5O2/c1-13-5-8-21-18-23-16(24-25(13)18)17(26)22-12-19(6-9-27-10-7-19)14-3-2-4-15(20)11-14/h2-5,8,11H,6-7,9-10,12H2,1H3,(H,22,26). The Morgan fingerprint density at radius 2 is 2.15 bits per heavy atom. The van der Waals surface area contributed by atoms with Crippen LogP contribution in [0.1, 0.15) is 34.7 Å². The summed E-state index contributed by atoms with van der Waals surface area (Å²) in [7, 11) is 0. The number of hydrogen-bond acceptors (Lipinski definition) is 5. The molecule has 140 valence electrons. The smallest absolute Gasteiger partial charge is 0.291 e. The van der Waals surface area contributed by atoms with E-state index < -0.39 is 0 Å². The van der Waals surface area contributed by atoms with Crippen molar-refractivity contribution in [2.24, 2.45) is 0 Å². The highest BCUT2D eigenvalue weighted by Gasteiger charge is 2.35. The number of ether oxygens (including phenoxy) is 1. The van der Waals surface area contributed by atoms with E-state index in [0.29, 0.717) is 38.4 Å². The normalized spacial score (nSPS) is 16.4. The third-order valence-electron chi connectivity index (χ3n) is 5.11. The molecule has 1 aliphatic heterocycles. The fraction of sp³-hybridized carbons (Fsp3) is 0.368. The monoisotopic (exact) mass is 369 g/mol. The molecule has 4 rings (SSSR count). The number of fused-ring (bicyclic) bond motifs is 1. The molecule has 8 heteroatoms. The second-order valence-electron chi connectivity index (χ2n) is 6.82. The summed E-state index contributed by atoms with van der Waals surface area (Å²) in [5.41, 5.74) is 1.34. The van der Waals surface area contributed by atoms with E-state index in [-0.39, 0.29) is 23.0 Å². The van der Waals surface area contributed by atoms with Gasteiger partial charge in [-0.15, -0.1) is 5.10 Å².